The Bertz CT molecular complexity index is 213. The molecule has 16 heavy (non-hydrogen) atoms. The number of nitrogens with one attached hydrogen (secondary N) is 1. The van der Waals surface area contributed by atoms with Crippen LogP contribution in [0.25, 0.3) is 0 Å². The first-order chi connectivity index (χ1) is 7.58. The monoisotopic (exact) mass is 228 g/mol. The van der Waals surface area contributed by atoms with E-state index in [1.807, 2.05) is 6.92 Å². The second kappa shape index (κ2) is 6.86. The molecule has 1 saturated heterocycles. The highest BCUT2D eigenvalue weighted by Gasteiger charge is 2.16. The number of hydrogen-bond acceptors (Lipinski definition) is 4. The van der Waals surface area contributed by atoms with Gasteiger partial charge < -0.3 is 10.1 Å². The summed E-state index contributed by atoms with van der Waals surface area (Å²) in [6.07, 6.45) is 0.975. The maximum Gasteiger partial charge on any atom is 0.320 e. The lowest BCUT2D eigenvalue weighted by molar-refractivity contribution is -0.150. The van der Waals surface area contributed by atoms with Crippen molar-refractivity contribution in [2.75, 3.05) is 32.7 Å². The fourth-order valence-corrected chi connectivity index (χ4v) is 2.03. The highest BCUT2D eigenvalue weighted by molar-refractivity contribution is 5.71. The van der Waals surface area contributed by atoms with Crippen molar-refractivity contribution in [1.82, 2.24) is 10.2 Å². The van der Waals surface area contributed by atoms with Crippen molar-refractivity contribution in [1.29, 1.82) is 0 Å². The van der Waals surface area contributed by atoms with Gasteiger partial charge in [0.2, 0.25) is 0 Å². The summed E-state index contributed by atoms with van der Waals surface area (Å²) in [5, 5.41) is 3.26. The van der Waals surface area contributed by atoms with Gasteiger partial charge in [-0.1, -0.05) is 13.8 Å². The molecule has 0 spiro atoms. The zero-order chi connectivity index (χ0) is 12.0. The highest BCUT2D eigenvalue weighted by atomic mass is 16.5. The number of nitrogens with zero attached hydrogens (tertiary/aromatic N) is 1. The second-order valence-electron chi connectivity index (χ2n) is 4.96. The van der Waals surface area contributed by atoms with Crippen LogP contribution in [0.2, 0.25) is 0 Å². The molecule has 1 rings (SSSR count). The molecule has 0 aromatic heterocycles. The first-order valence-electron chi connectivity index (χ1n) is 6.20. The van der Waals surface area contributed by atoms with E-state index in [2.05, 4.69) is 24.1 Å². The summed E-state index contributed by atoms with van der Waals surface area (Å²) in [5.41, 5.74) is 0. The Kier molecular flexibility index (Phi) is 5.77. The summed E-state index contributed by atoms with van der Waals surface area (Å²) in [6.45, 7) is 10.5. The Morgan fingerprint density at radius 2 is 1.94 bits per heavy atom. The summed E-state index contributed by atoms with van der Waals surface area (Å²) in [4.78, 5) is 13.8. The summed E-state index contributed by atoms with van der Waals surface area (Å²) < 4.78 is 5.36. The largest absolute Gasteiger partial charge is 0.462 e. The van der Waals surface area contributed by atoms with E-state index < -0.39 is 0 Å². The van der Waals surface area contributed by atoms with Crippen LogP contribution in [0.5, 0.6) is 0 Å². The van der Waals surface area contributed by atoms with Crippen LogP contribution in [-0.2, 0) is 9.53 Å². The van der Waals surface area contributed by atoms with E-state index in [9.17, 15) is 4.79 Å². The lowest BCUT2D eigenvalue weighted by atomic mass is 10.1. The molecule has 0 bridgehead atoms. The average molecular weight is 228 g/mol. The fraction of sp³-hybridized carbons (Fsp3) is 0.917. The number of esters is 1. The van der Waals surface area contributed by atoms with E-state index in [1.54, 1.807) is 0 Å². The van der Waals surface area contributed by atoms with Crippen LogP contribution >= 0.6 is 0 Å². The highest BCUT2D eigenvalue weighted by Crippen LogP contribution is 2.08. The Balaban J connectivity index is 2.18. The number of piperazine rings is 1. The molecule has 0 aliphatic carbocycles. The van der Waals surface area contributed by atoms with Gasteiger partial charge in [0, 0.05) is 26.2 Å². The zero-order valence-electron chi connectivity index (χ0n) is 10.7. The molecule has 4 nitrogen and oxygen atoms in total. The molecular formula is C12H24N2O2. The molecule has 1 fully saturated rings. The molecule has 1 aliphatic heterocycles. The molecule has 1 N–H and O–H groups in total. The standard InChI is InChI=1S/C12H24N2O2/c1-10(2)8-11(3)16-12(15)9-14-6-4-13-5-7-14/h10-11,13H,4-9H2,1-3H3. The van der Waals surface area contributed by atoms with E-state index >= 15 is 0 Å². The van der Waals surface area contributed by atoms with Gasteiger partial charge in [-0.05, 0) is 19.3 Å². The minimum Gasteiger partial charge on any atom is -0.462 e. The SMILES string of the molecule is CC(C)CC(C)OC(=O)CN1CCNCC1. The molecule has 0 aromatic carbocycles. The summed E-state index contributed by atoms with van der Waals surface area (Å²) in [5.74, 6) is 0.483. The Morgan fingerprint density at radius 1 is 1.31 bits per heavy atom. The van der Waals surface area contributed by atoms with Crippen LogP contribution in [-0.4, -0.2) is 49.7 Å². The van der Waals surface area contributed by atoms with Gasteiger partial charge in [-0.3, -0.25) is 9.69 Å². The van der Waals surface area contributed by atoms with Gasteiger partial charge in [0.05, 0.1) is 12.6 Å². The molecule has 1 heterocycles. The third-order valence-electron chi connectivity index (χ3n) is 2.70. The van der Waals surface area contributed by atoms with Gasteiger partial charge in [-0.15, -0.1) is 0 Å². The molecule has 4 heteroatoms. The molecule has 0 radical (unpaired) electrons. The third-order valence-corrected chi connectivity index (χ3v) is 2.70. The number of hydrogen-bond donors (Lipinski definition) is 1. The molecule has 94 valence electrons. The zero-order valence-corrected chi connectivity index (χ0v) is 10.7. The van der Waals surface area contributed by atoms with Crippen LogP contribution < -0.4 is 5.32 Å². The second-order valence-corrected chi connectivity index (χ2v) is 4.96. The predicted molar refractivity (Wildman–Crippen MR) is 64.3 cm³/mol. The third kappa shape index (κ3) is 5.47. The molecule has 1 aliphatic rings. The van der Waals surface area contributed by atoms with Crippen LogP contribution in [0, 0.1) is 5.92 Å². The van der Waals surface area contributed by atoms with Crippen LogP contribution in [0.3, 0.4) is 0 Å². The smallest absolute Gasteiger partial charge is 0.320 e. The normalized spacial score (nSPS) is 19.8. The Morgan fingerprint density at radius 3 is 2.50 bits per heavy atom. The minimum absolute atomic E-state index is 0.0374. The van der Waals surface area contributed by atoms with Crippen molar-refractivity contribution in [2.45, 2.75) is 33.3 Å². The van der Waals surface area contributed by atoms with E-state index in [-0.39, 0.29) is 12.1 Å². The minimum atomic E-state index is -0.0879. The topological polar surface area (TPSA) is 41.6 Å². The number of rotatable bonds is 5. The molecule has 0 saturated carbocycles. The summed E-state index contributed by atoms with van der Waals surface area (Å²) in [6, 6.07) is 0. The van der Waals surface area contributed by atoms with Gasteiger partial charge in [0.1, 0.15) is 0 Å². The van der Waals surface area contributed by atoms with E-state index in [0.717, 1.165) is 32.6 Å². The van der Waals surface area contributed by atoms with E-state index in [4.69, 9.17) is 4.74 Å². The quantitative estimate of drug-likeness (QED) is 0.709. The van der Waals surface area contributed by atoms with Crippen molar-refractivity contribution in [3.05, 3.63) is 0 Å². The maximum absolute atomic E-state index is 11.6. The number of ether oxygens (including phenoxy) is 1. The molecule has 1 unspecified atom stereocenters. The number of carbonyl (C=O) groups excluding carboxylic acids is 1. The summed E-state index contributed by atoms with van der Waals surface area (Å²) >= 11 is 0. The van der Waals surface area contributed by atoms with Crippen LogP contribution in [0.4, 0.5) is 0 Å². The van der Waals surface area contributed by atoms with Crippen molar-refractivity contribution >= 4 is 5.97 Å². The predicted octanol–water partition coefficient (Wildman–Crippen LogP) is 0.869. The first-order valence-corrected chi connectivity index (χ1v) is 6.20. The van der Waals surface area contributed by atoms with Gasteiger partial charge in [0.15, 0.2) is 0 Å². The van der Waals surface area contributed by atoms with Crippen LogP contribution in [0.1, 0.15) is 27.2 Å². The van der Waals surface area contributed by atoms with Crippen molar-refractivity contribution in [3.8, 4) is 0 Å². The van der Waals surface area contributed by atoms with Crippen molar-refractivity contribution < 1.29 is 9.53 Å². The summed E-state index contributed by atoms with van der Waals surface area (Å²) in [7, 11) is 0. The van der Waals surface area contributed by atoms with Gasteiger partial charge in [-0.25, -0.2) is 0 Å². The lowest BCUT2D eigenvalue weighted by Crippen LogP contribution is -2.46. The average Bonchev–Trinajstić information content (AvgIpc) is 2.17. The fourth-order valence-electron chi connectivity index (χ4n) is 2.03. The molecule has 1 atom stereocenters. The van der Waals surface area contributed by atoms with Crippen molar-refractivity contribution in [2.24, 2.45) is 5.92 Å². The Labute approximate surface area is 98.3 Å². The van der Waals surface area contributed by atoms with Crippen molar-refractivity contribution in [3.63, 3.8) is 0 Å². The lowest BCUT2D eigenvalue weighted by Gasteiger charge is -2.26. The molecule has 0 aromatic rings. The molecular weight excluding hydrogens is 204 g/mol. The Hall–Kier alpha value is -0.610. The van der Waals surface area contributed by atoms with E-state index in [0.29, 0.717) is 12.5 Å². The van der Waals surface area contributed by atoms with Gasteiger partial charge in [0.25, 0.3) is 0 Å². The van der Waals surface area contributed by atoms with Crippen LogP contribution in [0.15, 0.2) is 0 Å². The van der Waals surface area contributed by atoms with Gasteiger partial charge in [-0.2, -0.15) is 0 Å². The van der Waals surface area contributed by atoms with Gasteiger partial charge >= 0.3 is 5.97 Å². The number of carbonyl (C=O) groups is 1. The van der Waals surface area contributed by atoms with E-state index in [1.165, 1.54) is 0 Å². The molecule has 0 amide bonds. The maximum atomic E-state index is 11.6. The first kappa shape index (κ1) is 13.5.